The first kappa shape index (κ1) is 35.1. The van der Waals surface area contributed by atoms with Gasteiger partial charge in [-0.2, -0.15) is 0 Å². The molecule has 0 aliphatic heterocycles. The van der Waals surface area contributed by atoms with Crippen molar-refractivity contribution in [1.82, 2.24) is 4.57 Å². The van der Waals surface area contributed by atoms with Crippen LogP contribution in [0.3, 0.4) is 0 Å². The fourth-order valence-corrected chi connectivity index (χ4v) is 9.90. The third-order valence-corrected chi connectivity index (χ3v) is 12.7. The number of hydrogen-bond donors (Lipinski definition) is 1. The number of nitrogens with zero attached hydrogens (tertiary/aromatic N) is 1. The minimum atomic E-state index is -0.176. The predicted octanol–water partition coefficient (Wildman–Crippen LogP) is 13.0. The summed E-state index contributed by atoms with van der Waals surface area (Å²) in [5.41, 5.74) is 12.3. The summed E-state index contributed by atoms with van der Waals surface area (Å²) in [6.07, 6.45) is 13.6. The van der Waals surface area contributed by atoms with Crippen molar-refractivity contribution in [2.45, 2.75) is 58.0 Å². The van der Waals surface area contributed by atoms with Crippen LogP contribution in [0.15, 0.2) is 163 Å². The van der Waals surface area contributed by atoms with Crippen LogP contribution in [0, 0.1) is 0 Å². The predicted molar refractivity (Wildman–Crippen MR) is 246 cm³/mol. The van der Waals surface area contributed by atoms with E-state index in [9.17, 15) is 0 Å². The van der Waals surface area contributed by atoms with Crippen molar-refractivity contribution in [3.8, 4) is 0 Å². The van der Waals surface area contributed by atoms with Gasteiger partial charge in [-0.25, -0.2) is 0 Å². The molecule has 57 heavy (non-hydrogen) atoms. The minimum absolute atomic E-state index is 0.0101. The maximum Gasteiger partial charge on any atom is 0.124 e. The van der Waals surface area contributed by atoms with Crippen LogP contribution >= 0.6 is 0 Å². The lowest BCUT2D eigenvalue weighted by atomic mass is 9.79. The number of anilines is 1. The van der Waals surface area contributed by atoms with Gasteiger partial charge < -0.3 is 9.88 Å². The molecule has 1 N–H and O–H groups in total. The Labute approximate surface area is 335 Å². The Morgan fingerprint density at radius 2 is 1.32 bits per heavy atom. The Balaban J connectivity index is 1.12. The van der Waals surface area contributed by atoms with E-state index < -0.39 is 0 Å². The minimum Gasteiger partial charge on any atom is -0.362 e. The largest absolute Gasteiger partial charge is 0.362 e. The molecule has 1 unspecified atom stereocenters. The highest BCUT2D eigenvalue weighted by Crippen LogP contribution is 2.51. The topological polar surface area (TPSA) is 17.0 Å². The molecular weight excluding hydrogens is 689 g/mol. The number of para-hydroxylation sites is 1. The summed E-state index contributed by atoms with van der Waals surface area (Å²) in [4.78, 5) is 0. The third-order valence-electron chi connectivity index (χ3n) is 12.7. The van der Waals surface area contributed by atoms with Gasteiger partial charge in [0.15, 0.2) is 0 Å². The summed E-state index contributed by atoms with van der Waals surface area (Å²) in [7, 11) is 0. The molecule has 0 fully saturated rings. The van der Waals surface area contributed by atoms with Crippen LogP contribution in [0.25, 0.3) is 67.5 Å². The molecule has 0 spiro atoms. The summed E-state index contributed by atoms with van der Waals surface area (Å²) in [6, 6.07) is 51.0. The lowest BCUT2D eigenvalue weighted by molar-refractivity contribution is 0.650. The second-order valence-corrected chi connectivity index (χ2v) is 16.4. The third kappa shape index (κ3) is 5.86. The molecule has 1 atom stereocenters. The summed E-state index contributed by atoms with van der Waals surface area (Å²) >= 11 is 0. The monoisotopic (exact) mass is 736 g/mol. The van der Waals surface area contributed by atoms with Crippen LogP contribution in [-0.2, 0) is 11.8 Å². The molecule has 2 aliphatic carbocycles. The normalized spacial score (nSPS) is 15.8. The van der Waals surface area contributed by atoms with Crippen molar-refractivity contribution in [1.29, 1.82) is 0 Å². The molecule has 0 saturated carbocycles. The van der Waals surface area contributed by atoms with Gasteiger partial charge in [0.2, 0.25) is 0 Å². The van der Waals surface area contributed by atoms with Gasteiger partial charge in [0, 0.05) is 27.7 Å². The van der Waals surface area contributed by atoms with E-state index in [1.807, 2.05) is 0 Å². The van der Waals surface area contributed by atoms with Gasteiger partial charge in [-0.3, -0.25) is 0 Å². The van der Waals surface area contributed by atoms with E-state index in [4.69, 9.17) is 0 Å². The second kappa shape index (κ2) is 14.0. The molecule has 1 heterocycles. The highest BCUT2D eigenvalue weighted by Gasteiger charge is 2.37. The lowest BCUT2D eigenvalue weighted by Gasteiger charge is -2.25. The molecule has 2 heteroatoms. The standard InChI is InChI=1S/C55H48N2/c1-5-16-52-48(31-28-37-27-30-46-45-23-12-14-25-50(45)55(3,4)51(46)33-37)47-24-13-15-26-53(47)57(52)54(34-38-18-7-6-17-36(38)2)56-39-29-32-44-42-21-9-8-19-40(42)41-20-10-11-22-43(41)49(44)35-39/h6-15,17-26,28-29,31-35,54,56H,2,5,16,27,30H2,1,3-4H3/b31-28?,38-34-. The van der Waals surface area contributed by atoms with Crippen molar-refractivity contribution in [3.63, 3.8) is 0 Å². The van der Waals surface area contributed by atoms with Gasteiger partial charge in [-0.05, 0) is 114 Å². The molecular formula is C55H48N2. The Morgan fingerprint density at radius 3 is 2.05 bits per heavy atom. The molecule has 0 bridgehead atoms. The van der Waals surface area contributed by atoms with Crippen LogP contribution in [-0.4, -0.2) is 4.57 Å². The maximum atomic E-state index is 4.44. The van der Waals surface area contributed by atoms with E-state index in [2.05, 4.69) is 201 Å². The Morgan fingerprint density at radius 1 is 0.684 bits per heavy atom. The first-order chi connectivity index (χ1) is 27.9. The Bertz CT molecular complexity index is 3080. The maximum absolute atomic E-state index is 4.44. The van der Waals surface area contributed by atoms with E-state index in [1.165, 1.54) is 82.3 Å². The Kier molecular flexibility index (Phi) is 8.60. The summed E-state index contributed by atoms with van der Waals surface area (Å²) in [5, 5.41) is 15.2. The van der Waals surface area contributed by atoms with Gasteiger partial charge in [0.25, 0.3) is 0 Å². The average Bonchev–Trinajstić information content (AvgIpc) is 3.67. The molecule has 2 nitrogen and oxygen atoms in total. The van der Waals surface area contributed by atoms with Crippen LogP contribution < -0.4 is 15.8 Å². The van der Waals surface area contributed by atoms with Crippen molar-refractivity contribution in [3.05, 3.63) is 196 Å². The first-order valence-electron chi connectivity index (χ1n) is 20.6. The van der Waals surface area contributed by atoms with Gasteiger partial charge in [0.1, 0.15) is 6.17 Å². The van der Waals surface area contributed by atoms with E-state index in [-0.39, 0.29) is 11.6 Å². The van der Waals surface area contributed by atoms with Gasteiger partial charge >= 0.3 is 0 Å². The molecule has 2 aliphatic rings. The molecule has 0 saturated heterocycles. The smallest absolute Gasteiger partial charge is 0.124 e. The highest BCUT2D eigenvalue weighted by atomic mass is 15.2. The van der Waals surface area contributed by atoms with E-state index in [1.54, 1.807) is 0 Å². The fraction of sp³-hybridized carbons (Fsp3) is 0.164. The van der Waals surface area contributed by atoms with Gasteiger partial charge in [0.05, 0.1) is 5.52 Å². The summed E-state index contributed by atoms with van der Waals surface area (Å²) < 4.78 is 2.56. The number of fused-ring (bicyclic) bond motifs is 9. The van der Waals surface area contributed by atoms with Crippen LogP contribution in [0.4, 0.5) is 5.69 Å². The number of nitrogens with one attached hydrogen (secondary N) is 1. The Hall–Kier alpha value is -6.38. The lowest BCUT2D eigenvalue weighted by Crippen LogP contribution is -2.27. The number of benzene rings is 7. The van der Waals surface area contributed by atoms with Crippen LogP contribution in [0.2, 0.25) is 0 Å². The average molecular weight is 737 g/mol. The molecule has 1 aromatic heterocycles. The van der Waals surface area contributed by atoms with E-state index in [0.717, 1.165) is 41.8 Å². The second-order valence-electron chi connectivity index (χ2n) is 16.4. The quantitative estimate of drug-likeness (QED) is 0.154. The fourth-order valence-electron chi connectivity index (χ4n) is 9.90. The molecule has 0 amide bonds. The zero-order chi connectivity index (χ0) is 38.7. The van der Waals surface area contributed by atoms with Crippen LogP contribution in [0.5, 0.6) is 0 Å². The summed E-state index contributed by atoms with van der Waals surface area (Å²) in [6.45, 7) is 11.5. The van der Waals surface area contributed by atoms with Crippen molar-refractivity contribution < 1.29 is 0 Å². The number of aromatic nitrogens is 1. The highest BCUT2D eigenvalue weighted by molar-refractivity contribution is 6.25. The molecule has 10 rings (SSSR count). The zero-order valence-electron chi connectivity index (χ0n) is 33.1. The first-order valence-corrected chi connectivity index (χ1v) is 20.6. The zero-order valence-corrected chi connectivity index (χ0v) is 33.1. The molecule has 278 valence electrons. The van der Waals surface area contributed by atoms with Crippen molar-refractivity contribution in [2.24, 2.45) is 0 Å². The van der Waals surface area contributed by atoms with Crippen molar-refractivity contribution >= 4 is 73.2 Å². The molecule has 7 aromatic carbocycles. The number of hydrogen-bond acceptors (Lipinski definition) is 1. The van der Waals surface area contributed by atoms with Crippen molar-refractivity contribution in [2.75, 3.05) is 5.32 Å². The van der Waals surface area contributed by atoms with E-state index in [0.29, 0.717) is 0 Å². The van der Waals surface area contributed by atoms with E-state index >= 15 is 0 Å². The summed E-state index contributed by atoms with van der Waals surface area (Å²) in [5.74, 6) is 0. The SMILES string of the molecule is C=c1cccc/c1=C/C(Nc1ccc2c3ccccc3c3ccccc3c2c1)n1c(CCC)c(C=CC2=CC3=C(CC2)c2ccccc2C3(C)C)c2ccccc21. The van der Waals surface area contributed by atoms with Gasteiger partial charge in [-0.1, -0.05) is 173 Å². The molecule has 0 radical (unpaired) electrons. The number of rotatable bonds is 8. The molecule has 8 aromatic rings. The van der Waals surface area contributed by atoms with Crippen LogP contribution in [0.1, 0.15) is 68.6 Å². The van der Waals surface area contributed by atoms with Gasteiger partial charge in [-0.15, -0.1) is 0 Å². The number of allylic oxidation sites excluding steroid dienone is 5.